The van der Waals surface area contributed by atoms with Gasteiger partial charge < -0.3 is 0 Å². The number of benzene rings is 1. The molecule has 10 heteroatoms. The quantitative estimate of drug-likeness (QED) is 0.781. The SMILES string of the molecule is CC1CCCCN1S(=O)(=O)c1ccc(Br)c(C(=O)Nc2nncs2)c1. The molecule has 1 unspecified atom stereocenters. The van der Waals surface area contributed by atoms with Gasteiger partial charge in [0, 0.05) is 17.1 Å². The van der Waals surface area contributed by atoms with E-state index in [0.29, 0.717) is 16.1 Å². The van der Waals surface area contributed by atoms with E-state index in [1.165, 1.54) is 33.3 Å². The van der Waals surface area contributed by atoms with E-state index in [-0.39, 0.29) is 16.5 Å². The Balaban J connectivity index is 1.91. The van der Waals surface area contributed by atoms with E-state index < -0.39 is 15.9 Å². The Kier molecular flexibility index (Phi) is 5.52. The molecule has 1 aliphatic heterocycles. The predicted octanol–water partition coefficient (Wildman–Crippen LogP) is 3.12. The maximum absolute atomic E-state index is 13.0. The molecule has 2 aromatic rings. The first-order valence-electron chi connectivity index (χ1n) is 7.78. The van der Waals surface area contributed by atoms with E-state index in [0.717, 1.165) is 19.3 Å². The highest BCUT2D eigenvalue weighted by atomic mass is 79.9. The Bertz CT molecular complexity index is 871. The van der Waals surface area contributed by atoms with Crippen molar-refractivity contribution in [3.05, 3.63) is 33.7 Å². The lowest BCUT2D eigenvalue weighted by Crippen LogP contribution is -2.41. The van der Waals surface area contributed by atoms with Gasteiger partial charge in [-0.05, 0) is 53.9 Å². The molecule has 0 radical (unpaired) electrons. The summed E-state index contributed by atoms with van der Waals surface area (Å²) in [4.78, 5) is 12.6. The maximum atomic E-state index is 13.0. The molecule has 1 amide bonds. The molecule has 1 N–H and O–H groups in total. The summed E-state index contributed by atoms with van der Waals surface area (Å²) in [5.74, 6) is -0.438. The molecule has 1 fully saturated rings. The second-order valence-electron chi connectivity index (χ2n) is 5.80. The molecule has 0 saturated carbocycles. The molecule has 1 aliphatic rings. The number of amides is 1. The van der Waals surface area contributed by atoms with Crippen LogP contribution in [0.4, 0.5) is 5.13 Å². The molecule has 1 aromatic heterocycles. The summed E-state index contributed by atoms with van der Waals surface area (Å²) in [5.41, 5.74) is 1.74. The monoisotopic (exact) mass is 444 g/mol. The van der Waals surface area contributed by atoms with Gasteiger partial charge in [-0.1, -0.05) is 17.8 Å². The second kappa shape index (κ2) is 7.48. The fourth-order valence-corrected chi connectivity index (χ4v) is 5.39. The third kappa shape index (κ3) is 3.91. The first kappa shape index (κ1) is 18.4. The first-order chi connectivity index (χ1) is 11.9. The normalized spacial score (nSPS) is 18.9. The van der Waals surface area contributed by atoms with E-state index in [2.05, 4.69) is 31.4 Å². The fourth-order valence-electron chi connectivity index (χ4n) is 2.80. The van der Waals surface area contributed by atoms with Gasteiger partial charge in [-0.3, -0.25) is 10.1 Å². The minimum atomic E-state index is -3.64. The topological polar surface area (TPSA) is 92.3 Å². The molecule has 0 aliphatic carbocycles. The maximum Gasteiger partial charge on any atom is 0.258 e. The predicted molar refractivity (Wildman–Crippen MR) is 99.2 cm³/mol. The number of rotatable bonds is 4. The van der Waals surface area contributed by atoms with E-state index >= 15 is 0 Å². The molecule has 0 spiro atoms. The molecule has 7 nitrogen and oxygen atoms in total. The number of anilines is 1. The van der Waals surface area contributed by atoms with Gasteiger partial charge in [0.2, 0.25) is 15.2 Å². The summed E-state index contributed by atoms with van der Waals surface area (Å²) in [6.07, 6.45) is 2.73. The average molecular weight is 445 g/mol. The zero-order chi connectivity index (χ0) is 18.0. The van der Waals surface area contributed by atoms with Crippen LogP contribution in [0.3, 0.4) is 0 Å². The molecule has 1 saturated heterocycles. The third-order valence-electron chi connectivity index (χ3n) is 4.11. The van der Waals surface area contributed by atoms with Crippen molar-refractivity contribution >= 4 is 48.3 Å². The number of hydrogen-bond acceptors (Lipinski definition) is 6. The molecule has 0 bridgehead atoms. The van der Waals surface area contributed by atoms with Gasteiger partial charge in [-0.25, -0.2) is 8.42 Å². The number of nitrogens with zero attached hydrogens (tertiary/aromatic N) is 3. The van der Waals surface area contributed by atoms with Crippen molar-refractivity contribution in [1.29, 1.82) is 0 Å². The first-order valence-corrected chi connectivity index (χ1v) is 10.9. The number of nitrogens with one attached hydrogen (secondary N) is 1. The highest BCUT2D eigenvalue weighted by molar-refractivity contribution is 9.10. The van der Waals surface area contributed by atoms with Crippen LogP contribution in [0.15, 0.2) is 33.1 Å². The van der Waals surface area contributed by atoms with Gasteiger partial charge in [0.1, 0.15) is 5.51 Å². The minimum absolute atomic E-state index is 0.0407. The Morgan fingerprint density at radius 3 is 2.88 bits per heavy atom. The van der Waals surface area contributed by atoms with E-state index in [1.54, 1.807) is 6.07 Å². The number of hydrogen-bond donors (Lipinski definition) is 1. The van der Waals surface area contributed by atoms with Crippen LogP contribution in [0.25, 0.3) is 0 Å². The van der Waals surface area contributed by atoms with Gasteiger partial charge in [-0.2, -0.15) is 4.31 Å². The van der Waals surface area contributed by atoms with Gasteiger partial charge in [0.15, 0.2) is 0 Å². The third-order valence-corrected chi connectivity index (χ3v) is 7.42. The molecule has 3 rings (SSSR count). The van der Waals surface area contributed by atoms with Crippen molar-refractivity contribution in [3.63, 3.8) is 0 Å². The number of carbonyl (C=O) groups is 1. The van der Waals surface area contributed by atoms with Crippen molar-refractivity contribution in [2.45, 2.75) is 37.1 Å². The smallest absolute Gasteiger partial charge is 0.258 e. The number of carbonyl (C=O) groups excluding carboxylic acids is 1. The van der Waals surface area contributed by atoms with Gasteiger partial charge >= 0.3 is 0 Å². The zero-order valence-electron chi connectivity index (χ0n) is 13.5. The van der Waals surface area contributed by atoms with Crippen LogP contribution in [0.2, 0.25) is 0 Å². The van der Waals surface area contributed by atoms with E-state index in [4.69, 9.17) is 0 Å². The molecular weight excluding hydrogens is 428 g/mol. The highest BCUT2D eigenvalue weighted by Gasteiger charge is 2.31. The van der Waals surface area contributed by atoms with Crippen molar-refractivity contribution in [2.24, 2.45) is 0 Å². The number of halogens is 1. The van der Waals surface area contributed by atoms with Crippen molar-refractivity contribution in [1.82, 2.24) is 14.5 Å². The van der Waals surface area contributed by atoms with Crippen LogP contribution in [-0.2, 0) is 10.0 Å². The van der Waals surface area contributed by atoms with Gasteiger partial charge in [0.05, 0.1) is 10.5 Å². The highest BCUT2D eigenvalue weighted by Crippen LogP contribution is 2.28. The van der Waals surface area contributed by atoms with Crippen LogP contribution in [-0.4, -0.2) is 41.4 Å². The van der Waals surface area contributed by atoms with Gasteiger partial charge in [-0.15, -0.1) is 10.2 Å². The van der Waals surface area contributed by atoms with E-state index in [9.17, 15) is 13.2 Å². The summed E-state index contributed by atoms with van der Waals surface area (Å²) in [7, 11) is -3.64. The summed E-state index contributed by atoms with van der Waals surface area (Å²) >= 11 is 4.50. The van der Waals surface area contributed by atoms with Crippen LogP contribution >= 0.6 is 27.3 Å². The fraction of sp³-hybridized carbons (Fsp3) is 0.400. The molecule has 2 heterocycles. The lowest BCUT2D eigenvalue weighted by Gasteiger charge is -2.32. The molecular formula is C15H17BrN4O3S2. The Labute approximate surface area is 158 Å². The largest absolute Gasteiger partial charge is 0.296 e. The lowest BCUT2D eigenvalue weighted by molar-refractivity contribution is 0.102. The summed E-state index contributed by atoms with van der Waals surface area (Å²) < 4.78 is 28.0. The number of piperidine rings is 1. The van der Waals surface area contributed by atoms with Crippen molar-refractivity contribution in [2.75, 3.05) is 11.9 Å². The van der Waals surface area contributed by atoms with Crippen LogP contribution < -0.4 is 5.32 Å². The second-order valence-corrected chi connectivity index (χ2v) is 9.38. The molecule has 134 valence electrons. The molecule has 1 aromatic carbocycles. The van der Waals surface area contributed by atoms with Crippen LogP contribution in [0, 0.1) is 0 Å². The zero-order valence-corrected chi connectivity index (χ0v) is 16.7. The minimum Gasteiger partial charge on any atom is -0.296 e. The number of aromatic nitrogens is 2. The summed E-state index contributed by atoms with van der Waals surface area (Å²) in [6, 6.07) is 4.46. The van der Waals surface area contributed by atoms with Crippen LogP contribution in [0.1, 0.15) is 36.5 Å². The van der Waals surface area contributed by atoms with Crippen LogP contribution in [0.5, 0.6) is 0 Å². The number of sulfonamides is 1. The van der Waals surface area contributed by atoms with E-state index in [1.807, 2.05) is 6.92 Å². The Hall–Kier alpha value is -1.36. The molecule has 25 heavy (non-hydrogen) atoms. The standard InChI is InChI=1S/C15H17BrN4O3S2/c1-10-4-2-3-7-20(10)25(22,23)11-5-6-13(16)12(8-11)14(21)18-15-19-17-9-24-15/h5-6,8-10H,2-4,7H2,1H3,(H,18,19,21). The summed E-state index contributed by atoms with van der Waals surface area (Å²) in [5, 5.41) is 10.4. The van der Waals surface area contributed by atoms with Crippen molar-refractivity contribution < 1.29 is 13.2 Å². The Morgan fingerprint density at radius 2 is 2.20 bits per heavy atom. The lowest BCUT2D eigenvalue weighted by atomic mass is 10.1. The summed E-state index contributed by atoms with van der Waals surface area (Å²) in [6.45, 7) is 2.42. The van der Waals surface area contributed by atoms with Gasteiger partial charge in [0.25, 0.3) is 5.91 Å². The average Bonchev–Trinajstić information content (AvgIpc) is 3.08. The molecule has 1 atom stereocenters. The Morgan fingerprint density at radius 1 is 1.40 bits per heavy atom. The van der Waals surface area contributed by atoms with Crippen molar-refractivity contribution in [3.8, 4) is 0 Å².